The van der Waals surface area contributed by atoms with Crippen molar-refractivity contribution in [2.24, 2.45) is 0 Å². The number of aldehydes is 1. The van der Waals surface area contributed by atoms with Crippen LogP contribution in [-0.2, 0) is 4.74 Å². The quantitative estimate of drug-likeness (QED) is 0.815. The molecule has 1 aliphatic rings. The van der Waals surface area contributed by atoms with E-state index >= 15 is 0 Å². The SMILES string of the molecule is Cc1ccc(-c2nc(N3CCOCC3)sc2C=O)cc1. The molecular weight excluding hydrogens is 272 g/mol. The number of aryl methyl sites for hydroxylation is 1. The van der Waals surface area contributed by atoms with E-state index in [2.05, 4.69) is 9.88 Å². The highest BCUT2D eigenvalue weighted by atomic mass is 32.1. The van der Waals surface area contributed by atoms with E-state index in [0.29, 0.717) is 4.88 Å². The monoisotopic (exact) mass is 288 g/mol. The summed E-state index contributed by atoms with van der Waals surface area (Å²) >= 11 is 1.46. The van der Waals surface area contributed by atoms with Gasteiger partial charge >= 0.3 is 0 Å². The highest BCUT2D eigenvalue weighted by molar-refractivity contribution is 7.17. The maximum Gasteiger partial charge on any atom is 0.186 e. The van der Waals surface area contributed by atoms with Gasteiger partial charge in [-0.1, -0.05) is 41.2 Å². The standard InChI is InChI=1S/C15H16N2O2S/c1-11-2-4-12(5-3-11)14-13(10-18)20-15(16-14)17-6-8-19-9-7-17/h2-5,10H,6-9H2,1H3. The minimum atomic E-state index is 0.690. The number of hydrogen-bond donors (Lipinski definition) is 0. The van der Waals surface area contributed by atoms with E-state index in [1.54, 1.807) is 0 Å². The first kappa shape index (κ1) is 13.3. The number of aromatic nitrogens is 1. The molecule has 1 saturated heterocycles. The van der Waals surface area contributed by atoms with Crippen LogP contribution in [-0.4, -0.2) is 37.6 Å². The average Bonchev–Trinajstić information content (AvgIpc) is 2.93. The summed E-state index contributed by atoms with van der Waals surface area (Å²) in [6.07, 6.45) is 0.900. The lowest BCUT2D eigenvalue weighted by molar-refractivity contribution is 0.112. The van der Waals surface area contributed by atoms with E-state index in [-0.39, 0.29) is 0 Å². The van der Waals surface area contributed by atoms with Gasteiger partial charge in [0.05, 0.1) is 23.8 Å². The Morgan fingerprint density at radius 3 is 2.60 bits per heavy atom. The molecule has 2 aromatic rings. The highest BCUT2D eigenvalue weighted by Gasteiger charge is 2.19. The molecule has 4 nitrogen and oxygen atoms in total. The van der Waals surface area contributed by atoms with Gasteiger partial charge in [0.1, 0.15) is 0 Å². The molecule has 1 aromatic heterocycles. The molecule has 5 heteroatoms. The zero-order chi connectivity index (χ0) is 13.9. The minimum absolute atomic E-state index is 0.690. The first-order valence-corrected chi connectivity index (χ1v) is 7.45. The van der Waals surface area contributed by atoms with Gasteiger partial charge in [-0.15, -0.1) is 0 Å². The number of hydrogen-bond acceptors (Lipinski definition) is 5. The number of anilines is 1. The van der Waals surface area contributed by atoms with E-state index in [0.717, 1.165) is 49.0 Å². The molecule has 1 aromatic carbocycles. The zero-order valence-corrected chi connectivity index (χ0v) is 12.2. The third-order valence-electron chi connectivity index (χ3n) is 3.36. The van der Waals surface area contributed by atoms with Gasteiger partial charge in [-0.3, -0.25) is 4.79 Å². The minimum Gasteiger partial charge on any atom is -0.378 e. The van der Waals surface area contributed by atoms with Crippen LogP contribution >= 0.6 is 11.3 Å². The molecule has 104 valence electrons. The summed E-state index contributed by atoms with van der Waals surface area (Å²) in [7, 11) is 0. The lowest BCUT2D eigenvalue weighted by atomic mass is 10.1. The first-order valence-electron chi connectivity index (χ1n) is 6.63. The Morgan fingerprint density at radius 2 is 1.95 bits per heavy atom. The molecule has 0 aliphatic carbocycles. The van der Waals surface area contributed by atoms with Gasteiger partial charge in [0.25, 0.3) is 0 Å². The molecule has 0 amide bonds. The van der Waals surface area contributed by atoms with Gasteiger partial charge in [0.2, 0.25) is 0 Å². The smallest absolute Gasteiger partial charge is 0.186 e. The second-order valence-corrected chi connectivity index (χ2v) is 5.80. The fraction of sp³-hybridized carbons (Fsp3) is 0.333. The summed E-state index contributed by atoms with van der Waals surface area (Å²) in [6, 6.07) is 8.11. The Labute approximate surface area is 122 Å². The molecule has 0 N–H and O–H groups in total. The molecule has 0 radical (unpaired) electrons. The second-order valence-electron chi connectivity index (χ2n) is 4.79. The van der Waals surface area contributed by atoms with Gasteiger partial charge in [-0.2, -0.15) is 0 Å². The van der Waals surface area contributed by atoms with Crippen LogP contribution in [0.2, 0.25) is 0 Å². The van der Waals surface area contributed by atoms with E-state index in [1.165, 1.54) is 16.9 Å². The topological polar surface area (TPSA) is 42.4 Å². The van der Waals surface area contributed by atoms with Crippen LogP contribution in [0.1, 0.15) is 15.2 Å². The van der Waals surface area contributed by atoms with Crippen molar-refractivity contribution in [3.8, 4) is 11.3 Å². The number of nitrogens with zero attached hydrogens (tertiary/aromatic N) is 2. The van der Waals surface area contributed by atoms with E-state index < -0.39 is 0 Å². The fourth-order valence-electron chi connectivity index (χ4n) is 2.21. The van der Waals surface area contributed by atoms with Crippen LogP contribution in [0.4, 0.5) is 5.13 Å². The molecule has 0 bridgehead atoms. The van der Waals surface area contributed by atoms with Crippen LogP contribution in [0.3, 0.4) is 0 Å². The Balaban J connectivity index is 1.95. The molecule has 0 saturated carbocycles. The maximum atomic E-state index is 11.3. The number of thiazole rings is 1. The molecule has 1 fully saturated rings. The summed E-state index contributed by atoms with van der Waals surface area (Å²) in [5, 5.41) is 0.908. The summed E-state index contributed by atoms with van der Waals surface area (Å²) in [5.74, 6) is 0. The number of carbonyl (C=O) groups is 1. The molecule has 0 spiro atoms. The predicted molar refractivity (Wildman–Crippen MR) is 80.7 cm³/mol. The second kappa shape index (κ2) is 5.73. The van der Waals surface area contributed by atoms with Crippen LogP contribution < -0.4 is 4.90 Å². The number of ether oxygens (including phenoxy) is 1. The van der Waals surface area contributed by atoms with Crippen molar-refractivity contribution in [1.82, 2.24) is 4.98 Å². The van der Waals surface area contributed by atoms with Crippen LogP contribution in [0.5, 0.6) is 0 Å². The van der Waals surface area contributed by atoms with Crippen LogP contribution in [0.15, 0.2) is 24.3 Å². The average molecular weight is 288 g/mol. The van der Waals surface area contributed by atoms with Crippen molar-refractivity contribution in [2.75, 3.05) is 31.2 Å². The Bertz CT molecular complexity index is 601. The highest BCUT2D eigenvalue weighted by Crippen LogP contribution is 2.32. The normalized spacial score (nSPS) is 15.3. The molecule has 2 heterocycles. The van der Waals surface area contributed by atoms with Crippen LogP contribution in [0.25, 0.3) is 11.3 Å². The fourth-order valence-corrected chi connectivity index (χ4v) is 3.16. The Hall–Kier alpha value is -1.72. The maximum absolute atomic E-state index is 11.3. The van der Waals surface area contributed by atoms with Gasteiger partial charge in [0.15, 0.2) is 11.4 Å². The first-order chi connectivity index (χ1) is 9.78. The van der Waals surface area contributed by atoms with Crippen LogP contribution in [0, 0.1) is 6.92 Å². The van der Waals surface area contributed by atoms with Gasteiger partial charge < -0.3 is 9.64 Å². The van der Waals surface area contributed by atoms with Crippen molar-refractivity contribution < 1.29 is 9.53 Å². The molecule has 3 rings (SSSR count). The number of morpholine rings is 1. The molecular formula is C15H16N2O2S. The van der Waals surface area contributed by atoms with Gasteiger partial charge in [-0.05, 0) is 6.92 Å². The third-order valence-corrected chi connectivity index (χ3v) is 4.40. The third kappa shape index (κ3) is 2.59. The van der Waals surface area contributed by atoms with Crippen molar-refractivity contribution >= 4 is 22.8 Å². The summed E-state index contributed by atoms with van der Waals surface area (Å²) in [5.41, 5.74) is 2.98. The van der Waals surface area contributed by atoms with Crippen molar-refractivity contribution in [2.45, 2.75) is 6.92 Å². The molecule has 0 atom stereocenters. The summed E-state index contributed by atoms with van der Waals surface area (Å²) in [6.45, 7) is 5.15. The number of carbonyl (C=O) groups excluding carboxylic acids is 1. The lowest BCUT2D eigenvalue weighted by Gasteiger charge is -2.26. The molecule has 1 aliphatic heterocycles. The van der Waals surface area contributed by atoms with Gasteiger partial charge in [0, 0.05) is 18.7 Å². The van der Waals surface area contributed by atoms with Crippen molar-refractivity contribution in [1.29, 1.82) is 0 Å². The summed E-state index contributed by atoms with van der Waals surface area (Å²) < 4.78 is 5.35. The number of rotatable bonds is 3. The molecule has 20 heavy (non-hydrogen) atoms. The van der Waals surface area contributed by atoms with Crippen molar-refractivity contribution in [3.05, 3.63) is 34.7 Å². The number of benzene rings is 1. The predicted octanol–water partition coefficient (Wildman–Crippen LogP) is 2.77. The van der Waals surface area contributed by atoms with Crippen molar-refractivity contribution in [3.63, 3.8) is 0 Å². The lowest BCUT2D eigenvalue weighted by Crippen LogP contribution is -2.36. The molecule has 0 unspecified atom stereocenters. The Kier molecular flexibility index (Phi) is 3.80. The van der Waals surface area contributed by atoms with E-state index in [9.17, 15) is 4.79 Å². The van der Waals surface area contributed by atoms with Gasteiger partial charge in [-0.25, -0.2) is 4.98 Å². The Morgan fingerprint density at radius 1 is 1.25 bits per heavy atom. The van der Waals surface area contributed by atoms with E-state index in [1.807, 2.05) is 31.2 Å². The summed E-state index contributed by atoms with van der Waals surface area (Å²) in [4.78, 5) is 18.8. The zero-order valence-electron chi connectivity index (χ0n) is 11.3. The largest absolute Gasteiger partial charge is 0.378 e. The van der Waals surface area contributed by atoms with E-state index in [4.69, 9.17) is 4.74 Å².